The number of halogens is 4. The largest absolute Gasteiger partial charge is 0.416 e. The minimum absolute atomic E-state index is 0.400. The molecule has 2 unspecified atom stereocenters. The van der Waals surface area contributed by atoms with Crippen molar-refractivity contribution in [1.29, 1.82) is 0 Å². The van der Waals surface area contributed by atoms with Crippen molar-refractivity contribution in [2.75, 3.05) is 24.5 Å². The van der Waals surface area contributed by atoms with Crippen LogP contribution in [0.2, 0.25) is 0 Å². The normalized spacial score (nSPS) is 26.7. The van der Waals surface area contributed by atoms with Crippen molar-refractivity contribution < 1.29 is 13.2 Å². The molecular weight excluding hydrogens is 333 g/mol. The first kappa shape index (κ1) is 14.2. The monoisotopic (exact) mass is 348 g/mol. The summed E-state index contributed by atoms with van der Waals surface area (Å²) in [7, 11) is 0. The molecule has 1 aromatic rings. The van der Waals surface area contributed by atoms with E-state index in [2.05, 4.69) is 26.1 Å². The number of anilines is 1. The fraction of sp³-hybridized carbons (Fsp3) is 0.571. The first-order valence-electron chi connectivity index (χ1n) is 6.81. The van der Waals surface area contributed by atoms with Crippen molar-refractivity contribution in [3.05, 3.63) is 28.2 Å². The molecule has 0 radical (unpaired) electrons. The van der Waals surface area contributed by atoms with Crippen molar-refractivity contribution in [1.82, 2.24) is 5.32 Å². The third kappa shape index (κ3) is 2.55. The molecule has 2 saturated heterocycles. The second-order valence-corrected chi connectivity index (χ2v) is 6.34. The summed E-state index contributed by atoms with van der Waals surface area (Å²) in [6.45, 7) is 2.84. The van der Waals surface area contributed by atoms with E-state index in [4.69, 9.17) is 0 Å². The molecule has 110 valence electrons. The van der Waals surface area contributed by atoms with Crippen LogP contribution in [0.5, 0.6) is 0 Å². The van der Waals surface area contributed by atoms with Gasteiger partial charge in [0.1, 0.15) is 0 Å². The first-order valence-corrected chi connectivity index (χ1v) is 7.60. The third-order valence-corrected chi connectivity index (χ3v) is 4.90. The molecule has 2 aliphatic heterocycles. The van der Waals surface area contributed by atoms with Crippen LogP contribution in [0.1, 0.15) is 18.4 Å². The number of piperidine rings is 1. The molecule has 2 aliphatic rings. The summed E-state index contributed by atoms with van der Waals surface area (Å²) in [5.74, 6) is 0.609. The van der Waals surface area contributed by atoms with E-state index in [1.54, 1.807) is 6.07 Å². The van der Waals surface area contributed by atoms with Crippen LogP contribution < -0.4 is 10.2 Å². The molecule has 0 aromatic heterocycles. The zero-order valence-corrected chi connectivity index (χ0v) is 12.5. The van der Waals surface area contributed by atoms with Gasteiger partial charge in [-0.15, -0.1) is 0 Å². The van der Waals surface area contributed by atoms with Crippen LogP contribution in [0.4, 0.5) is 18.9 Å². The molecule has 2 nitrogen and oxygen atoms in total. The Labute approximate surface area is 124 Å². The Morgan fingerprint density at radius 3 is 2.75 bits per heavy atom. The number of benzene rings is 1. The highest BCUT2D eigenvalue weighted by molar-refractivity contribution is 9.10. The standard InChI is InChI=1S/C14H16BrF3N2/c15-11-6-10(14(16,17)18)3-4-12(11)20-5-1-2-9-7-19-8-13(9)20/h3-4,6,9,13,19H,1-2,5,7-8H2. The number of nitrogens with zero attached hydrogens (tertiary/aromatic N) is 1. The zero-order valence-electron chi connectivity index (χ0n) is 10.9. The highest BCUT2D eigenvalue weighted by Crippen LogP contribution is 2.38. The molecule has 6 heteroatoms. The summed E-state index contributed by atoms with van der Waals surface area (Å²) in [5.41, 5.74) is 0.266. The van der Waals surface area contributed by atoms with E-state index < -0.39 is 11.7 Å². The summed E-state index contributed by atoms with van der Waals surface area (Å²) in [6.07, 6.45) is -2.00. The first-order chi connectivity index (χ1) is 9.47. The molecule has 3 rings (SSSR count). The van der Waals surface area contributed by atoms with Crippen molar-refractivity contribution >= 4 is 21.6 Å². The molecule has 2 fully saturated rings. The number of hydrogen-bond donors (Lipinski definition) is 1. The molecule has 1 aromatic carbocycles. The summed E-state index contributed by atoms with van der Waals surface area (Å²) in [5, 5.41) is 3.38. The molecule has 1 N–H and O–H groups in total. The summed E-state index contributed by atoms with van der Waals surface area (Å²) in [6, 6.07) is 4.35. The lowest BCUT2D eigenvalue weighted by molar-refractivity contribution is -0.137. The van der Waals surface area contributed by atoms with Gasteiger partial charge in [0.05, 0.1) is 11.3 Å². The van der Waals surface area contributed by atoms with Gasteiger partial charge in [-0.2, -0.15) is 13.2 Å². The van der Waals surface area contributed by atoms with Gasteiger partial charge in [0, 0.05) is 30.1 Å². The second-order valence-electron chi connectivity index (χ2n) is 5.49. The molecule has 0 spiro atoms. The minimum atomic E-state index is -4.29. The molecule has 20 heavy (non-hydrogen) atoms. The van der Waals surface area contributed by atoms with Crippen LogP contribution in [0.3, 0.4) is 0 Å². The summed E-state index contributed by atoms with van der Waals surface area (Å²) < 4.78 is 38.7. The van der Waals surface area contributed by atoms with Gasteiger partial charge in [-0.25, -0.2) is 0 Å². The van der Waals surface area contributed by atoms with Crippen LogP contribution >= 0.6 is 15.9 Å². The molecule has 0 amide bonds. The van der Waals surface area contributed by atoms with Gasteiger partial charge in [0.25, 0.3) is 0 Å². The molecule has 2 heterocycles. The highest BCUT2D eigenvalue weighted by atomic mass is 79.9. The lowest BCUT2D eigenvalue weighted by Crippen LogP contribution is -2.45. The Hall–Kier alpha value is -0.750. The maximum absolute atomic E-state index is 12.7. The lowest BCUT2D eigenvalue weighted by Gasteiger charge is -2.39. The Morgan fingerprint density at radius 2 is 2.05 bits per heavy atom. The van der Waals surface area contributed by atoms with Gasteiger partial charge in [-0.1, -0.05) is 0 Å². The fourth-order valence-corrected chi connectivity index (χ4v) is 3.89. The average molecular weight is 349 g/mol. The van der Waals surface area contributed by atoms with Crippen LogP contribution in [-0.2, 0) is 6.18 Å². The Bertz CT molecular complexity index is 504. The highest BCUT2D eigenvalue weighted by Gasteiger charge is 2.36. The minimum Gasteiger partial charge on any atom is -0.366 e. The lowest BCUT2D eigenvalue weighted by atomic mass is 9.91. The van der Waals surface area contributed by atoms with Crippen molar-refractivity contribution in [3.8, 4) is 0 Å². The number of nitrogens with one attached hydrogen (secondary N) is 1. The fourth-order valence-electron chi connectivity index (χ4n) is 3.28. The Morgan fingerprint density at radius 1 is 1.25 bits per heavy atom. The third-order valence-electron chi connectivity index (χ3n) is 4.26. The number of fused-ring (bicyclic) bond motifs is 1. The second kappa shape index (κ2) is 5.22. The van der Waals surface area contributed by atoms with Gasteiger partial charge in [-0.05, 0) is 52.9 Å². The Balaban J connectivity index is 1.90. The molecule has 0 aliphatic carbocycles. The van der Waals surface area contributed by atoms with E-state index in [1.807, 2.05) is 0 Å². The van der Waals surface area contributed by atoms with E-state index in [9.17, 15) is 13.2 Å². The van der Waals surface area contributed by atoms with Gasteiger partial charge < -0.3 is 10.2 Å². The maximum atomic E-state index is 12.7. The van der Waals surface area contributed by atoms with Crippen molar-refractivity contribution in [3.63, 3.8) is 0 Å². The topological polar surface area (TPSA) is 15.3 Å². The molecule has 0 bridgehead atoms. The number of alkyl halides is 3. The number of hydrogen-bond acceptors (Lipinski definition) is 2. The Kier molecular flexibility index (Phi) is 3.71. The van der Waals surface area contributed by atoms with Crippen LogP contribution in [0.25, 0.3) is 0 Å². The van der Waals surface area contributed by atoms with Gasteiger partial charge in [-0.3, -0.25) is 0 Å². The quantitative estimate of drug-likeness (QED) is 0.833. The molecular formula is C14H16BrF3N2. The average Bonchev–Trinajstić information content (AvgIpc) is 2.85. The van der Waals surface area contributed by atoms with E-state index in [-0.39, 0.29) is 0 Å². The van der Waals surface area contributed by atoms with Gasteiger partial charge >= 0.3 is 6.18 Å². The van der Waals surface area contributed by atoms with Crippen LogP contribution in [-0.4, -0.2) is 25.7 Å². The van der Waals surface area contributed by atoms with Crippen molar-refractivity contribution in [2.24, 2.45) is 5.92 Å². The SMILES string of the molecule is FC(F)(F)c1ccc(N2CCCC3CNCC32)c(Br)c1. The van der Waals surface area contributed by atoms with E-state index >= 15 is 0 Å². The van der Waals surface area contributed by atoms with Crippen molar-refractivity contribution in [2.45, 2.75) is 25.1 Å². The predicted octanol–water partition coefficient (Wildman–Crippen LogP) is 3.66. The summed E-state index contributed by atoms with van der Waals surface area (Å²) in [4.78, 5) is 2.25. The van der Waals surface area contributed by atoms with E-state index in [0.29, 0.717) is 16.4 Å². The zero-order chi connectivity index (χ0) is 14.3. The van der Waals surface area contributed by atoms with Crippen LogP contribution in [0, 0.1) is 5.92 Å². The van der Waals surface area contributed by atoms with E-state index in [0.717, 1.165) is 31.7 Å². The van der Waals surface area contributed by atoms with Gasteiger partial charge in [0.2, 0.25) is 0 Å². The molecule has 2 atom stereocenters. The maximum Gasteiger partial charge on any atom is 0.416 e. The predicted molar refractivity (Wildman–Crippen MR) is 75.9 cm³/mol. The van der Waals surface area contributed by atoms with E-state index in [1.165, 1.54) is 18.6 Å². The summed E-state index contributed by atoms with van der Waals surface area (Å²) >= 11 is 3.31. The van der Waals surface area contributed by atoms with Gasteiger partial charge in [0.15, 0.2) is 0 Å². The smallest absolute Gasteiger partial charge is 0.366 e. The number of rotatable bonds is 1. The molecule has 0 saturated carbocycles. The van der Waals surface area contributed by atoms with Crippen LogP contribution in [0.15, 0.2) is 22.7 Å².